The van der Waals surface area contributed by atoms with Crippen LogP contribution < -0.4 is 10.2 Å². The molecule has 1 aliphatic rings. The Kier molecular flexibility index (Phi) is 4.78. The minimum atomic E-state index is -1.13. The molecule has 1 fully saturated rings. The molecule has 2 amide bonds. The van der Waals surface area contributed by atoms with Crippen molar-refractivity contribution < 1.29 is 14.7 Å². The van der Waals surface area contributed by atoms with Crippen LogP contribution >= 0.6 is 23.8 Å². The summed E-state index contributed by atoms with van der Waals surface area (Å²) in [7, 11) is 0. The van der Waals surface area contributed by atoms with E-state index in [2.05, 4.69) is 10.3 Å². The molecule has 2 N–H and O–H groups in total. The number of nitrogens with one attached hydrogen (secondary N) is 1. The summed E-state index contributed by atoms with van der Waals surface area (Å²) in [6.45, 7) is 0. The molecule has 6 nitrogen and oxygen atoms in total. The molecule has 1 atom stereocenters. The van der Waals surface area contributed by atoms with Gasteiger partial charge in [0, 0.05) is 17.3 Å². The van der Waals surface area contributed by atoms with Crippen LogP contribution in [0, 0.1) is 5.92 Å². The average molecular weight is 374 g/mol. The smallest absolute Gasteiger partial charge is 0.251 e. The molecule has 1 heterocycles. The lowest BCUT2D eigenvalue weighted by atomic mass is 10.1. The molecule has 0 bridgehead atoms. The highest BCUT2D eigenvalue weighted by Gasteiger charge is 2.38. The lowest BCUT2D eigenvalue weighted by Gasteiger charge is -2.30. The maximum Gasteiger partial charge on any atom is 0.251 e. The van der Waals surface area contributed by atoms with Crippen molar-refractivity contribution in [2.24, 2.45) is 10.9 Å². The zero-order chi connectivity index (χ0) is 18.0. The first-order chi connectivity index (χ1) is 12.0. The zero-order valence-corrected chi connectivity index (χ0v) is 14.3. The van der Waals surface area contributed by atoms with E-state index in [4.69, 9.17) is 23.8 Å². The SMILES string of the molecule is O=C1NC(=S)N(c2ccc(Cl)cc2)C(=O)[C@@H]1C=Nc1cccc(O)c1. The monoisotopic (exact) mass is 373 g/mol. The Morgan fingerprint density at radius 1 is 1.20 bits per heavy atom. The van der Waals surface area contributed by atoms with E-state index in [0.29, 0.717) is 16.4 Å². The van der Waals surface area contributed by atoms with E-state index >= 15 is 0 Å². The molecule has 0 spiro atoms. The predicted molar refractivity (Wildman–Crippen MR) is 99.4 cm³/mol. The molecular weight excluding hydrogens is 362 g/mol. The van der Waals surface area contributed by atoms with Crippen LogP contribution in [0.5, 0.6) is 5.75 Å². The molecule has 0 saturated carbocycles. The van der Waals surface area contributed by atoms with Gasteiger partial charge in [0.15, 0.2) is 11.0 Å². The number of hydrogen-bond donors (Lipinski definition) is 2. The maximum absolute atomic E-state index is 12.7. The number of benzene rings is 2. The van der Waals surface area contributed by atoms with E-state index in [1.807, 2.05) is 0 Å². The van der Waals surface area contributed by atoms with Gasteiger partial charge in [-0.2, -0.15) is 0 Å². The van der Waals surface area contributed by atoms with Crippen LogP contribution in [0.4, 0.5) is 11.4 Å². The number of thiocarbonyl (C=S) groups is 1. The topological polar surface area (TPSA) is 82.0 Å². The Balaban J connectivity index is 1.89. The summed E-state index contributed by atoms with van der Waals surface area (Å²) in [6, 6.07) is 12.7. The first-order valence-electron chi connectivity index (χ1n) is 7.23. The fourth-order valence-corrected chi connectivity index (χ4v) is 2.71. The fraction of sp³-hybridized carbons (Fsp3) is 0.0588. The van der Waals surface area contributed by atoms with E-state index in [1.165, 1.54) is 23.2 Å². The van der Waals surface area contributed by atoms with Crippen LogP contribution in [-0.4, -0.2) is 28.2 Å². The third-order valence-corrected chi connectivity index (χ3v) is 4.03. The number of carbonyl (C=O) groups excluding carboxylic acids is 2. The van der Waals surface area contributed by atoms with Crippen molar-refractivity contribution in [3.8, 4) is 5.75 Å². The van der Waals surface area contributed by atoms with E-state index in [9.17, 15) is 14.7 Å². The van der Waals surface area contributed by atoms with Gasteiger partial charge in [0.25, 0.3) is 5.91 Å². The summed E-state index contributed by atoms with van der Waals surface area (Å²) in [4.78, 5) is 30.2. The maximum atomic E-state index is 12.7. The number of halogens is 1. The number of carbonyl (C=O) groups is 2. The van der Waals surface area contributed by atoms with E-state index in [0.717, 1.165) is 0 Å². The second kappa shape index (κ2) is 7.00. The van der Waals surface area contributed by atoms with Crippen molar-refractivity contribution in [1.82, 2.24) is 5.32 Å². The number of hydrogen-bond acceptors (Lipinski definition) is 5. The van der Waals surface area contributed by atoms with Crippen molar-refractivity contribution in [3.63, 3.8) is 0 Å². The Hall–Kier alpha value is -2.77. The molecule has 0 unspecified atom stereocenters. The largest absolute Gasteiger partial charge is 0.508 e. The van der Waals surface area contributed by atoms with Crippen molar-refractivity contribution in [1.29, 1.82) is 0 Å². The second-order valence-corrected chi connectivity index (χ2v) is 6.04. The number of nitrogens with zero attached hydrogens (tertiary/aromatic N) is 2. The predicted octanol–water partition coefficient (Wildman–Crippen LogP) is 2.81. The zero-order valence-electron chi connectivity index (χ0n) is 12.7. The number of anilines is 1. The molecular formula is C17H12ClN3O3S. The van der Waals surface area contributed by atoms with Crippen LogP contribution in [0.15, 0.2) is 53.5 Å². The number of rotatable bonds is 3. The molecule has 1 aliphatic heterocycles. The third kappa shape index (κ3) is 3.67. The minimum absolute atomic E-state index is 0.000622. The molecule has 25 heavy (non-hydrogen) atoms. The normalized spacial score (nSPS) is 17.9. The van der Waals surface area contributed by atoms with Gasteiger partial charge in [0.05, 0.1) is 11.4 Å². The Morgan fingerprint density at radius 3 is 2.60 bits per heavy atom. The standard InChI is InChI=1S/C17H12ClN3O3S/c18-10-4-6-12(7-5-10)21-16(24)14(15(23)20-17(21)25)9-19-11-2-1-3-13(22)8-11/h1-9,14,22H,(H,20,23,25)/t14-/m1/s1. The highest BCUT2D eigenvalue weighted by molar-refractivity contribution is 7.80. The summed E-state index contributed by atoms with van der Waals surface area (Å²) in [5.74, 6) is -2.16. The lowest BCUT2D eigenvalue weighted by molar-refractivity contribution is -0.130. The van der Waals surface area contributed by atoms with Crippen LogP contribution in [0.2, 0.25) is 5.02 Å². The summed E-state index contributed by atoms with van der Waals surface area (Å²) in [5.41, 5.74) is 0.918. The Labute approximate surface area is 153 Å². The molecule has 2 aromatic carbocycles. The van der Waals surface area contributed by atoms with Gasteiger partial charge in [0.1, 0.15) is 5.75 Å². The molecule has 2 aromatic rings. The number of phenolic OH excluding ortho intramolecular Hbond substituents is 1. The average Bonchev–Trinajstić information content (AvgIpc) is 2.56. The van der Waals surface area contributed by atoms with Gasteiger partial charge < -0.3 is 10.4 Å². The van der Waals surface area contributed by atoms with Crippen LogP contribution in [0.25, 0.3) is 0 Å². The van der Waals surface area contributed by atoms with Gasteiger partial charge >= 0.3 is 0 Å². The van der Waals surface area contributed by atoms with Crippen molar-refractivity contribution in [2.75, 3.05) is 4.90 Å². The molecule has 3 rings (SSSR count). The highest BCUT2D eigenvalue weighted by atomic mass is 35.5. The quantitative estimate of drug-likeness (QED) is 0.492. The summed E-state index contributed by atoms with van der Waals surface area (Å²) >= 11 is 11.0. The van der Waals surface area contributed by atoms with Gasteiger partial charge in [-0.3, -0.25) is 19.5 Å². The first kappa shape index (κ1) is 17.1. The molecule has 0 radical (unpaired) electrons. The van der Waals surface area contributed by atoms with Gasteiger partial charge in [0.2, 0.25) is 5.91 Å². The molecule has 8 heteroatoms. The minimum Gasteiger partial charge on any atom is -0.508 e. The summed E-state index contributed by atoms with van der Waals surface area (Å²) in [5, 5.41) is 12.5. The number of aromatic hydroxyl groups is 1. The van der Waals surface area contributed by atoms with Crippen LogP contribution in [0.3, 0.4) is 0 Å². The van der Waals surface area contributed by atoms with E-state index < -0.39 is 17.7 Å². The number of amides is 2. The van der Waals surface area contributed by atoms with Crippen molar-refractivity contribution in [3.05, 3.63) is 53.6 Å². The molecule has 0 aliphatic carbocycles. The number of phenols is 1. The van der Waals surface area contributed by atoms with E-state index in [1.54, 1.807) is 36.4 Å². The van der Waals surface area contributed by atoms with Gasteiger partial charge in [-0.15, -0.1) is 0 Å². The van der Waals surface area contributed by atoms with Gasteiger partial charge in [-0.1, -0.05) is 17.7 Å². The third-order valence-electron chi connectivity index (χ3n) is 3.49. The van der Waals surface area contributed by atoms with Crippen LogP contribution in [0.1, 0.15) is 0 Å². The summed E-state index contributed by atoms with van der Waals surface area (Å²) < 4.78 is 0. The highest BCUT2D eigenvalue weighted by Crippen LogP contribution is 2.23. The molecule has 1 saturated heterocycles. The summed E-state index contributed by atoms with van der Waals surface area (Å²) in [6.07, 6.45) is 1.23. The molecule has 126 valence electrons. The number of aliphatic imine (C=N–C) groups is 1. The van der Waals surface area contributed by atoms with Gasteiger partial charge in [-0.05, 0) is 48.6 Å². The lowest BCUT2D eigenvalue weighted by Crippen LogP contribution is -2.58. The Morgan fingerprint density at radius 2 is 1.92 bits per heavy atom. The van der Waals surface area contributed by atoms with Crippen LogP contribution in [-0.2, 0) is 9.59 Å². The second-order valence-electron chi connectivity index (χ2n) is 5.22. The molecule has 0 aromatic heterocycles. The Bertz CT molecular complexity index is 883. The first-order valence-corrected chi connectivity index (χ1v) is 8.02. The fourth-order valence-electron chi connectivity index (χ4n) is 2.29. The van der Waals surface area contributed by atoms with E-state index in [-0.39, 0.29) is 10.9 Å². The van der Waals surface area contributed by atoms with Gasteiger partial charge in [-0.25, -0.2) is 0 Å². The van der Waals surface area contributed by atoms with Crippen molar-refractivity contribution >= 4 is 58.3 Å². The van der Waals surface area contributed by atoms with Crippen molar-refractivity contribution in [2.45, 2.75) is 0 Å².